The van der Waals surface area contributed by atoms with Crippen molar-refractivity contribution in [3.8, 4) is 0 Å². The first-order valence-electron chi connectivity index (χ1n) is 8.05. The maximum atomic E-state index is 10.9. The molecule has 0 aliphatic heterocycles. The van der Waals surface area contributed by atoms with E-state index in [1.54, 1.807) is 30.3 Å². The van der Waals surface area contributed by atoms with Gasteiger partial charge in [0, 0.05) is 5.48 Å². The summed E-state index contributed by atoms with van der Waals surface area (Å²) in [6.07, 6.45) is -2.10. The second-order valence-electron chi connectivity index (χ2n) is 4.52. The van der Waals surface area contributed by atoms with Crippen LogP contribution in [0.2, 0.25) is 0 Å². The van der Waals surface area contributed by atoms with Crippen molar-refractivity contribution in [1.82, 2.24) is 0 Å². The molecule has 88 valence electrons. The summed E-state index contributed by atoms with van der Waals surface area (Å²) in [5, 5.41) is 10.9. The van der Waals surface area contributed by atoms with Gasteiger partial charge in [-0.25, -0.2) is 0 Å². The molecule has 16 heavy (non-hydrogen) atoms. The Labute approximate surface area is 104 Å². The van der Waals surface area contributed by atoms with Crippen molar-refractivity contribution in [2.75, 3.05) is 0 Å². The summed E-state index contributed by atoms with van der Waals surface area (Å²) in [6.45, 7) is 1.98. The topological polar surface area (TPSA) is 20.2 Å². The summed E-state index contributed by atoms with van der Waals surface area (Å²) in [4.78, 5) is 0. The van der Waals surface area contributed by atoms with Crippen molar-refractivity contribution < 1.29 is 10.6 Å². The minimum absolute atomic E-state index is 0.258. The quantitative estimate of drug-likeness (QED) is 0.823. The standard InChI is InChI=1S/C15H22O/c1-2-6-13-9-11-15(16,12-10-13)14-7-4-3-5-8-14/h3-5,7-8,13,16H,2,6,9-12H2,1H3/i9D2,11D2. The van der Waals surface area contributed by atoms with Gasteiger partial charge in [-0.3, -0.25) is 0 Å². The Morgan fingerprint density at radius 3 is 2.88 bits per heavy atom. The van der Waals surface area contributed by atoms with E-state index in [0.29, 0.717) is 18.4 Å². The van der Waals surface area contributed by atoms with Crippen molar-refractivity contribution in [1.29, 1.82) is 0 Å². The average molecular weight is 222 g/mol. The van der Waals surface area contributed by atoms with Crippen molar-refractivity contribution in [3.63, 3.8) is 0 Å². The fraction of sp³-hybridized carbons (Fsp3) is 0.600. The van der Waals surface area contributed by atoms with E-state index < -0.39 is 18.3 Å². The third kappa shape index (κ3) is 2.46. The van der Waals surface area contributed by atoms with E-state index in [4.69, 9.17) is 5.48 Å². The van der Waals surface area contributed by atoms with E-state index in [9.17, 15) is 5.11 Å². The first kappa shape index (κ1) is 7.50. The molecule has 1 aromatic carbocycles. The molecule has 2 rings (SSSR count). The van der Waals surface area contributed by atoms with Gasteiger partial charge in [0.1, 0.15) is 0 Å². The maximum absolute atomic E-state index is 10.9. The lowest BCUT2D eigenvalue weighted by molar-refractivity contribution is -0.0152. The summed E-state index contributed by atoms with van der Waals surface area (Å²) in [5.41, 5.74) is -1.30. The zero-order valence-corrected chi connectivity index (χ0v) is 9.74. The third-order valence-corrected chi connectivity index (χ3v) is 3.23. The Morgan fingerprint density at radius 2 is 2.19 bits per heavy atom. The number of rotatable bonds is 3. The molecule has 1 aliphatic carbocycles. The summed E-state index contributed by atoms with van der Waals surface area (Å²) in [5.74, 6) is -0.341. The molecule has 0 heterocycles. The molecule has 2 atom stereocenters. The van der Waals surface area contributed by atoms with Crippen LogP contribution in [0.4, 0.5) is 0 Å². The molecule has 1 aromatic rings. The fourth-order valence-electron chi connectivity index (χ4n) is 2.23. The van der Waals surface area contributed by atoms with Gasteiger partial charge in [0.25, 0.3) is 0 Å². The first-order valence-corrected chi connectivity index (χ1v) is 6.05. The van der Waals surface area contributed by atoms with Crippen molar-refractivity contribution in [2.24, 2.45) is 5.92 Å². The average Bonchev–Trinajstić information content (AvgIpc) is 2.42. The Hall–Kier alpha value is -0.820. The van der Waals surface area contributed by atoms with Gasteiger partial charge in [0.05, 0.1) is 5.60 Å². The predicted molar refractivity (Wildman–Crippen MR) is 67.2 cm³/mol. The molecule has 1 N–H and O–H groups in total. The van der Waals surface area contributed by atoms with Crippen LogP contribution in [0.15, 0.2) is 30.3 Å². The minimum Gasteiger partial charge on any atom is -0.385 e. The van der Waals surface area contributed by atoms with E-state index in [2.05, 4.69) is 0 Å². The smallest absolute Gasteiger partial charge is 0.0896 e. The summed E-state index contributed by atoms with van der Waals surface area (Å²) < 4.78 is 33.0. The highest BCUT2D eigenvalue weighted by atomic mass is 16.3. The van der Waals surface area contributed by atoms with Crippen LogP contribution >= 0.6 is 0 Å². The lowest BCUT2D eigenvalue weighted by Gasteiger charge is -2.36. The molecule has 1 nitrogen and oxygen atoms in total. The van der Waals surface area contributed by atoms with E-state index in [0.717, 1.165) is 6.42 Å². The molecule has 0 radical (unpaired) electrons. The summed E-state index contributed by atoms with van der Waals surface area (Å²) >= 11 is 0. The predicted octanol–water partition coefficient (Wildman–Crippen LogP) is 3.86. The molecule has 1 saturated carbocycles. The molecule has 1 fully saturated rings. The summed E-state index contributed by atoms with van der Waals surface area (Å²) in [7, 11) is 0. The van der Waals surface area contributed by atoms with E-state index in [1.165, 1.54) is 0 Å². The highest BCUT2D eigenvalue weighted by Gasteiger charge is 2.34. The second kappa shape index (κ2) is 5.01. The first-order chi connectivity index (χ1) is 9.27. The molecule has 1 heteroatoms. The van der Waals surface area contributed by atoms with Crippen LogP contribution in [0, 0.1) is 5.92 Å². The Morgan fingerprint density at radius 1 is 1.44 bits per heavy atom. The summed E-state index contributed by atoms with van der Waals surface area (Å²) in [6, 6.07) is 8.65. The van der Waals surface area contributed by atoms with Gasteiger partial charge < -0.3 is 5.11 Å². The van der Waals surface area contributed by atoms with E-state index >= 15 is 0 Å². The molecular formula is C15H22O. The van der Waals surface area contributed by atoms with Crippen LogP contribution in [-0.2, 0) is 5.60 Å². The normalized spacial score (nSPS) is 40.2. The van der Waals surface area contributed by atoms with Gasteiger partial charge >= 0.3 is 0 Å². The lowest BCUT2D eigenvalue weighted by atomic mass is 9.74. The molecule has 0 amide bonds. The van der Waals surface area contributed by atoms with Crippen LogP contribution in [-0.4, -0.2) is 5.11 Å². The monoisotopic (exact) mass is 222 g/mol. The number of benzene rings is 1. The van der Waals surface area contributed by atoms with Gasteiger partial charge in [-0.05, 0) is 37.1 Å². The Kier molecular flexibility index (Phi) is 2.35. The molecule has 1 aliphatic rings. The van der Waals surface area contributed by atoms with Gasteiger partial charge in [-0.2, -0.15) is 0 Å². The van der Waals surface area contributed by atoms with Gasteiger partial charge in [-0.1, -0.05) is 50.1 Å². The number of hydrogen-bond acceptors (Lipinski definition) is 1. The third-order valence-electron chi connectivity index (χ3n) is 3.23. The highest BCUT2D eigenvalue weighted by molar-refractivity contribution is 5.22. The van der Waals surface area contributed by atoms with Gasteiger partial charge in [0.2, 0.25) is 0 Å². The molecule has 2 unspecified atom stereocenters. The lowest BCUT2D eigenvalue weighted by Crippen LogP contribution is -2.31. The van der Waals surface area contributed by atoms with Crippen molar-refractivity contribution >= 4 is 0 Å². The van der Waals surface area contributed by atoms with Gasteiger partial charge in [-0.15, -0.1) is 0 Å². The van der Waals surface area contributed by atoms with Crippen molar-refractivity contribution in [3.05, 3.63) is 35.9 Å². The number of hydrogen-bond donors (Lipinski definition) is 1. The largest absolute Gasteiger partial charge is 0.385 e. The SMILES string of the molecule is [2H]C1([2H])C(CCC)CCC(O)(c2ccccc2)C1([2H])[2H]. The van der Waals surface area contributed by atoms with E-state index in [1.807, 2.05) is 6.92 Å². The van der Waals surface area contributed by atoms with Crippen molar-refractivity contribution in [2.45, 2.75) is 51.0 Å². The van der Waals surface area contributed by atoms with Crippen LogP contribution in [0.3, 0.4) is 0 Å². The molecule has 0 aromatic heterocycles. The second-order valence-corrected chi connectivity index (χ2v) is 4.52. The molecule has 0 saturated heterocycles. The fourth-order valence-corrected chi connectivity index (χ4v) is 2.23. The van der Waals surface area contributed by atoms with Crippen LogP contribution < -0.4 is 0 Å². The van der Waals surface area contributed by atoms with Gasteiger partial charge in [0.15, 0.2) is 0 Å². The Balaban J connectivity index is 2.44. The molecule has 0 spiro atoms. The maximum Gasteiger partial charge on any atom is 0.0896 e. The highest BCUT2D eigenvalue weighted by Crippen LogP contribution is 2.40. The number of aliphatic hydroxyl groups is 1. The zero-order valence-electron chi connectivity index (χ0n) is 13.7. The van der Waals surface area contributed by atoms with Crippen LogP contribution in [0.5, 0.6) is 0 Å². The Bertz CT molecular complexity index is 460. The molecule has 0 bridgehead atoms. The van der Waals surface area contributed by atoms with E-state index in [-0.39, 0.29) is 12.3 Å². The molecular weight excluding hydrogens is 196 g/mol. The van der Waals surface area contributed by atoms with Crippen LogP contribution in [0.1, 0.15) is 56.4 Å². The zero-order chi connectivity index (χ0) is 15.0. The minimum atomic E-state index is -2.31. The van der Waals surface area contributed by atoms with Crippen LogP contribution in [0.25, 0.3) is 0 Å².